The van der Waals surface area contributed by atoms with Crippen LogP contribution in [0.4, 0.5) is 0 Å². The number of hydrogen-bond donors (Lipinski definition) is 2. The van der Waals surface area contributed by atoms with Gasteiger partial charge in [-0.1, -0.05) is 23.4 Å². The van der Waals surface area contributed by atoms with Gasteiger partial charge in [-0.15, -0.1) is 0 Å². The number of amidine groups is 1. The van der Waals surface area contributed by atoms with Gasteiger partial charge in [-0.05, 0) is 30.0 Å². The number of nitrogens with zero attached hydrogens (tertiary/aromatic N) is 3. The van der Waals surface area contributed by atoms with Crippen LogP contribution in [0.3, 0.4) is 0 Å². The molecule has 2 aromatic rings. The van der Waals surface area contributed by atoms with E-state index in [0.717, 1.165) is 23.0 Å². The first-order chi connectivity index (χ1) is 9.78. The minimum atomic E-state index is -0.280. The fourth-order valence-corrected chi connectivity index (χ4v) is 2.57. The van der Waals surface area contributed by atoms with E-state index in [9.17, 15) is 4.79 Å². The number of para-hydroxylation sites is 1. The number of oxime groups is 1. The van der Waals surface area contributed by atoms with E-state index in [1.54, 1.807) is 17.0 Å². The fourth-order valence-electron chi connectivity index (χ4n) is 1.85. The lowest BCUT2D eigenvalue weighted by Gasteiger charge is -2.06. The minimum Gasteiger partial charge on any atom is -0.409 e. The van der Waals surface area contributed by atoms with Crippen molar-refractivity contribution in [2.24, 2.45) is 5.16 Å². The van der Waals surface area contributed by atoms with Crippen molar-refractivity contribution in [1.82, 2.24) is 15.1 Å². The van der Waals surface area contributed by atoms with E-state index >= 15 is 0 Å². The van der Waals surface area contributed by atoms with Crippen LogP contribution >= 0.6 is 11.8 Å². The summed E-state index contributed by atoms with van der Waals surface area (Å²) in [6.07, 6.45) is 5.27. The Morgan fingerprint density at radius 1 is 1.35 bits per heavy atom. The van der Waals surface area contributed by atoms with Crippen molar-refractivity contribution in [3.05, 3.63) is 53.2 Å². The van der Waals surface area contributed by atoms with Gasteiger partial charge in [0, 0.05) is 18.0 Å². The summed E-state index contributed by atoms with van der Waals surface area (Å²) < 4.78 is 1.73. The molecule has 6 nitrogen and oxygen atoms in total. The molecule has 0 radical (unpaired) electrons. The molecule has 1 aromatic heterocycles. The van der Waals surface area contributed by atoms with E-state index < -0.39 is 0 Å². The highest BCUT2D eigenvalue weighted by atomic mass is 32.2. The Kier molecular flexibility index (Phi) is 3.26. The molecule has 7 heteroatoms. The first kappa shape index (κ1) is 12.5. The molecule has 0 unspecified atom stereocenters. The molecule has 1 aliphatic heterocycles. The van der Waals surface area contributed by atoms with Gasteiger partial charge in [0.15, 0.2) is 0 Å². The van der Waals surface area contributed by atoms with Gasteiger partial charge in [0.1, 0.15) is 0 Å². The van der Waals surface area contributed by atoms with Gasteiger partial charge in [-0.25, -0.2) is 4.68 Å². The summed E-state index contributed by atoms with van der Waals surface area (Å²) in [5.41, 5.74) is 1.72. The van der Waals surface area contributed by atoms with Crippen molar-refractivity contribution in [2.75, 3.05) is 0 Å². The van der Waals surface area contributed by atoms with E-state index in [0.29, 0.717) is 4.91 Å². The molecule has 0 spiro atoms. The van der Waals surface area contributed by atoms with Crippen molar-refractivity contribution in [2.45, 2.75) is 0 Å². The summed E-state index contributed by atoms with van der Waals surface area (Å²) in [4.78, 5) is 12.2. The van der Waals surface area contributed by atoms with Crippen molar-refractivity contribution >= 4 is 28.9 Å². The van der Waals surface area contributed by atoms with Crippen LogP contribution in [0.5, 0.6) is 0 Å². The average Bonchev–Trinajstić information content (AvgIpc) is 3.10. The normalized spacial score (nSPS) is 18.7. The monoisotopic (exact) mass is 286 g/mol. The number of amides is 1. The van der Waals surface area contributed by atoms with Gasteiger partial charge in [0.2, 0.25) is 5.17 Å². The maximum atomic E-state index is 11.7. The van der Waals surface area contributed by atoms with E-state index in [2.05, 4.69) is 15.6 Å². The highest BCUT2D eigenvalue weighted by Gasteiger charge is 2.24. The first-order valence-electron chi connectivity index (χ1n) is 5.80. The van der Waals surface area contributed by atoms with E-state index in [1.165, 1.54) is 0 Å². The first-order valence-corrected chi connectivity index (χ1v) is 6.61. The number of thioether (sulfide) groups is 1. The molecule has 1 amide bonds. The van der Waals surface area contributed by atoms with Crippen molar-refractivity contribution in [1.29, 1.82) is 0 Å². The lowest BCUT2D eigenvalue weighted by atomic mass is 10.1. The Morgan fingerprint density at radius 3 is 2.90 bits per heavy atom. The van der Waals surface area contributed by atoms with Crippen LogP contribution < -0.4 is 5.32 Å². The Labute approximate surface area is 118 Å². The van der Waals surface area contributed by atoms with Gasteiger partial charge < -0.3 is 5.21 Å². The molecule has 3 rings (SSSR count). The topological polar surface area (TPSA) is 79.5 Å². The van der Waals surface area contributed by atoms with Crippen LogP contribution in [0.2, 0.25) is 0 Å². The number of rotatable bonds is 2. The molecular weight excluding hydrogens is 276 g/mol. The lowest BCUT2D eigenvalue weighted by Crippen LogP contribution is -2.19. The Hall–Kier alpha value is -2.54. The number of benzene rings is 1. The Bertz CT molecular complexity index is 707. The molecule has 0 bridgehead atoms. The summed E-state index contributed by atoms with van der Waals surface area (Å²) in [5.74, 6) is -0.280. The van der Waals surface area contributed by atoms with Crippen LogP contribution in [0.15, 0.2) is 52.8 Å². The number of hydrogen-bond acceptors (Lipinski definition) is 5. The zero-order valence-corrected chi connectivity index (χ0v) is 11.0. The van der Waals surface area contributed by atoms with Gasteiger partial charge in [-0.2, -0.15) is 5.10 Å². The molecule has 0 atom stereocenters. The second-order valence-corrected chi connectivity index (χ2v) is 5.01. The summed E-state index contributed by atoms with van der Waals surface area (Å²) in [6.45, 7) is 0. The molecule has 1 saturated heterocycles. The second-order valence-electron chi connectivity index (χ2n) is 3.98. The maximum absolute atomic E-state index is 11.7. The molecular formula is C13H10N4O2S. The molecule has 2 N–H and O–H groups in total. The number of carbonyl (C=O) groups is 1. The minimum absolute atomic E-state index is 0.179. The standard InChI is InChI=1S/C13H10N4O2S/c18-12-11(20-13(15-12)16-19)8-9-4-1-2-5-10(9)17-7-3-6-14-17/h1-8,19H,(H,15,16,18). The number of carbonyl (C=O) groups excluding carboxylic acids is 1. The van der Waals surface area contributed by atoms with Gasteiger partial charge in [0.25, 0.3) is 5.91 Å². The van der Waals surface area contributed by atoms with Crippen molar-refractivity contribution in [3.8, 4) is 5.69 Å². The molecule has 20 heavy (non-hydrogen) atoms. The SMILES string of the molecule is O=C1NC(=NO)SC1=Cc1ccccc1-n1cccn1. The Morgan fingerprint density at radius 2 is 2.20 bits per heavy atom. The largest absolute Gasteiger partial charge is 0.409 e. The summed E-state index contributed by atoms with van der Waals surface area (Å²) >= 11 is 1.09. The van der Waals surface area contributed by atoms with Crippen molar-refractivity contribution < 1.29 is 10.0 Å². The quantitative estimate of drug-likeness (QED) is 0.501. The average molecular weight is 286 g/mol. The summed E-state index contributed by atoms with van der Waals surface area (Å²) in [5, 5.41) is 18.5. The molecule has 100 valence electrons. The van der Waals surface area contributed by atoms with Crippen LogP contribution in [-0.4, -0.2) is 26.1 Å². The smallest absolute Gasteiger partial charge is 0.264 e. The summed E-state index contributed by atoms with van der Waals surface area (Å²) in [7, 11) is 0. The molecule has 0 saturated carbocycles. The lowest BCUT2D eigenvalue weighted by molar-refractivity contribution is -0.115. The van der Waals surface area contributed by atoms with Crippen LogP contribution in [-0.2, 0) is 4.79 Å². The van der Waals surface area contributed by atoms with Gasteiger partial charge in [0.05, 0.1) is 10.6 Å². The highest BCUT2D eigenvalue weighted by Crippen LogP contribution is 2.27. The van der Waals surface area contributed by atoms with Gasteiger partial charge in [-0.3, -0.25) is 10.1 Å². The van der Waals surface area contributed by atoms with Crippen LogP contribution in [0.1, 0.15) is 5.56 Å². The molecule has 1 fully saturated rings. The summed E-state index contributed by atoms with van der Waals surface area (Å²) in [6, 6.07) is 9.43. The Balaban J connectivity index is 2.02. The molecule has 1 aromatic carbocycles. The molecule has 2 heterocycles. The van der Waals surface area contributed by atoms with E-state index in [1.807, 2.05) is 36.5 Å². The number of aromatic nitrogens is 2. The highest BCUT2D eigenvalue weighted by molar-refractivity contribution is 8.18. The zero-order valence-electron chi connectivity index (χ0n) is 10.2. The predicted molar refractivity (Wildman–Crippen MR) is 76.5 cm³/mol. The van der Waals surface area contributed by atoms with Gasteiger partial charge >= 0.3 is 0 Å². The fraction of sp³-hybridized carbons (Fsp3) is 0. The number of nitrogens with one attached hydrogen (secondary N) is 1. The third-order valence-electron chi connectivity index (χ3n) is 2.72. The van der Waals surface area contributed by atoms with E-state index in [-0.39, 0.29) is 11.1 Å². The van der Waals surface area contributed by atoms with E-state index in [4.69, 9.17) is 5.21 Å². The van der Waals surface area contributed by atoms with Crippen LogP contribution in [0.25, 0.3) is 11.8 Å². The third kappa shape index (κ3) is 2.30. The second kappa shape index (κ2) is 5.22. The predicted octanol–water partition coefficient (Wildman–Crippen LogP) is 1.82. The third-order valence-corrected chi connectivity index (χ3v) is 3.62. The van der Waals surface area contributed by atoms with Crippen molar-refractivity contribution in [3.63, 3.8) is 0 Å². The maximum Gasteiger partial charge on any atom is 0.264 e. The molecule has 1 aliphatic rings. The molecule has 0 aliphatic carbocycles. The zero-order chi connectivity index (χ0) is 13.9. The van der Waals surface area contributed by atoms with Crippen LogP contribution in [0, 0.1) is 0 Å².